The molecule has 3 nitrogen and oxygen atoms in total. The number of benzene rings is 2. The number of aliphatic hydroxyl groups excluding tert-OH is 1. The Morgan fingerprint density at radius 2 is 1.74 bits per heavy atom. The van der Waals surface area contributed by atoms with E-state index in [1.54, 1.807) is 0 Å². The Morgan fingerprint density at radius 3 is 2.33 bits per heavy atom. The molecule has 0 saturated carbocycles. The van der Waals surface area contributed by atoms with Gasteiger partial charge in [0.2, 0.25) is 0 Å². The van der Waals surface area contributed by atoms with E-state index < -0.39 is 0 Å². The minimum Gasteiger partial charge on any atom is -0.512 e. The predicted octanol–water partition coefficient (Wildman–Crippen LogP) is 5.66. The summed E-state index contributed by atoms with van der Waals surface area (Å²) in [6, 6.07) is 17.9. The van der Waals surface area contributed by atoms with Gasteiger partial charge >= 0.3 is 0 Å². The molecular weight excluding hydrogens is 514 g/mol. The zero-order valence-corrected chi connectivity index (χ0v) is 18.6. The summed E-state index contributed by atoms with van der Waals surface area (Å²) in [7, 11) is 0. The minimum absolute atomic E-state index is 0. The number of aromatic nitrogens is 1. The normalized spacial score (nSPS) is 10.6. The summed E-state index contributed by atoms with van der Waals surface area (Å²) in [5.41, 5.74) is 6.92. The summed E-state index contributed by atoms with van der Waals surface area (Å²) < 4.78 is 0. The molecule has 0 saturated heterocycles. The molecule has 0 bridgehead atoms. The molecule has 0 aliphatic carbocycles. The quantitative estimate of drug-likeness (QED) is 0.260. The molecule has 143 valence electrons. The molecule has 0 aliphatic rings. The topological polar surface area (TPSA) is 50.2 Å². The Morgan fingerprint density at radius 1 is 1.07 bits per heavy atom. The van der Waals surface area contributed by atoms with Gasteiger partial charge in [-0.25, -0.2) is 0 Å². The Hall–Kier alpha value is -2.29. The van der Waals surface area contributed by atoms with Crippen LogP contribution in [0.25, 0.3) is 22.2 Å². The molecule has 0 atom stereocenters. The van der Waals surface area contributed by atoms with Crippen LogP contribution < -0.4 is 0 Å². The van der Waals surface area contributed by atoms with Crippen LogP contribution in [-0.4, -0.2) is 15.9 Å². The molecule has 0 spiro atoms. The first-order chi connectivity index (χ1) is 12.3. The number of hydrogen-bond acceptors (Lipinski definition) is 3. The predicted molar refractivity (Wildman–Crippen MR) is 107 cm³/mol. The van der Waals surface area contributed by atoms with E-state index in [0.29, 0.717) is 0 Å². The third-order valence-electron chi connectivity index (χ3n) is 4.04. The number of ketones is 1. The Kier molecular flexibility index (Phi) is 8.55. The molecule has 1 heterocycles. The number of aliphatic hydroxyl groups is 1. The Balaban J connectivity index is 0.000000395. The first-order valence-electron chi connectivity index (χ1n) is 8.51. The van der Waals surface area contributed by atoms with Gasteiger partial charge in [-0.15, -0.1) is 34.9 Å². The second-order valence-electron chi connectivity index (χ2n) is 6.45. The van der Waals surface area contributed by atoms with Gasteiger partial charge in [0, 0.05) is 26.2 Å². The molecular formula is C23H24IrNO2-. The molecule has 27 heavy (non-hydrogen) atoms. The van der Waals surface area contributed by atoms with E-state index in [9.17, 15) is 4.79 Å². The van der Waals surface area contributed by atoms with Crippen molar-refractivity contribution in [2.24, 2.45) is 0 Å². The molecule has 4 heteroatoms. The van der Waals surface area contributed by atoms with Crippen LogP contribution in [0, 0.1) is 26.8 Å². The molecule has 1 radical (unpaired) electrons. The first kappa shape index (κ1) is 22.7. The summed E-state index contributed by atoms with van der Waals surface area (Å²) in [6.45, 7) is 9.19. The fraction of sp³-hybridized carbons (Fsp3) is 0.217. The van der Waals surface area contributed by atoms with Gasteiger partial charge in [0.25, 0.3) is 0 Å². The summed E-state index contributed by atoms with van der Waals surface area (Å²) in [5, 5.41) is 9.54. The average Bonchev–Trinajstić information content (AvgIpc) is 2.56. The van der Waals surface area contributed by atoms with Crippen LogP contribution in [0.15, 0.2) is 54.3 Å². The zero-order valence-electron chi connectivity index (χ0n) is 16.3. The van der Waals surface area contributed by atoms with E-state index in [1.807, 2.05) is 6.07 Å². The molecule has 0 aliphatic heterocycles. The SMILES string of the molecule is CC(=O)/C=C(/C)O.Cc1ccc2ccc(-c3[c-]ccc(C)c3C)nc2c1.[Ir]. The van der Waals surface area contributed by atoms with Crippen molar-refractivity contribution in [1.82, 2.24) is 4.98 Å². The van der Waals surface area contributed by atoms with E-state index in [-0.39, 0.29) is 31.6 Å². The fourth-order valence-corrected chi connectivity index (χ4v) is 2.61. The Labute approximate surface area is 174 Å². The van der Waals surface area contributed by atoms with Crippen molar-refractivity contribution >= 4 is 16.7 Å². The number of rotatable bonds is 2. The number of nitrogens with zero attached hydrogens (tertiary/aromatic N) is 1. The summed E-state index contributed by atoms with van der Waals surface area (Å²) >= 11 is 0. The number of aryl methyl sites for hydroxylation is 2. The van der Waals surface area contributed by atoms with E-state index in [0.717, 1.165) is 16.8 Å². The van der Waals surface area contributed by atoms with Crippen molar-refractivity contribution in [3.63, 3.8) is 0 Å². The number of fused-ring (bicyclic) bond motifs is 1. The zero-order chi connectivity index (χ0) is 19.3. The van der Waals surface area contributed by atoms with Crippen LogP contribution in [0.1, 0.15) is 30.5 Å². The third-order valence-corrected chi connectivity index (χ3v) is 4.04. The van der Waals surface area contributed by atoms with Crippen LogP contribution in [0.2, 0.25) is 0 Å². The van der Waals surface area contributed by atoms with Crippen LogP contribution >= 0.6 is 0 Å². The maximum absolute atomic E-state index is 10.0. The number of pyridine rings is 1. The average molecular weight is 539 g/mol. The molecule has 1 aromatic heterocycles. The fourth-order valence-electron chi connectivity index (χ4n) is 2.61. The van der Waals surface area contributed by atoms with Crippen molar-refractivity contribution < 1.29 is 30.0 Å². The van der Waals surface area contributed by atoms with Crippen LogP contribution in [0.5, 0.6) is 0 Å². The van der Waals surface area contributed by atoms with Crippen molar-refractivity contribution in [2.75, 3.05) is 0 Å². The van der Waals surface area contributed by atoms with Crippen LogP contribution in [0.4, 0.5) is 0 Å². The van der Waals surface area contributed by atoms with Gasteiger partial charge in [-0.1, -0.05) is 38.1 Å². The van der Waals surface area contributed by atoms with E-state index >= 15 is 0 Å². The third kappa shape index (κ3) is 6.42. The van der Waals surface area contributed by atoms with Gasteiger partial charge < -0.3 is 5.11 Å². The molecule has 3 rings (SSSR count). The molecule has 0 fully saturated rings. The summed E-state index contributed by atoms with van der Waals surface area (Å²) in [4.78, 5) is 14.8. The second kappa shape index (κ2) is 10.1. The van der Waals surface area contributed by atoms with E-state index in [4.69, 9.17) is 10.1 Å². The van der Waals surface area contributed by atoms with Crippen molar-refractivity contribution in [3.05, 3.63) is 77.1 Å². The molecule has 0 amide bonds. The van der Waals surface area contributed by atoms with Crippen molar-refractivity contribution in [2.45, 2.75) is 34.6 Å². The van der Waals surface area contributed by atoms with Gasteiger partial charge in [0.05, 0.1) is 11.3 Å². The maximum atomic E-state index is 10.0. The minimum atomic E-state index is -0.125. The summed E-state index contributed by atoms with van der Waals surface area (Å²) in [6.07, 6.45) is 1.17. The van der Waals surface area contributed by atoms with E-state index in [1.165, 1.54) is 42.0 Å². The number of hydrogen-bond donors (Lipinski definition) is 1. The van der Waals surface area contributed by atoms with Gasteiger partial charge in [0.1, 0.15) is 0 Å². The van der Waals surface area contributed by atoms with Crippen molar-refractivity contribution in [3.8, 4) is 11.3 Å². The first-order valence-corrected chi connectivity index (χ1v) is 8.51. The molecule has 0 unspecified atom stereocenters. The maximum Gasteiger partial charge on any atom is 0.155 e. The van der Waals surface area contributed by atoms with E-state index in [2.05, 4.69) is 63.2 Å². The molecule has 1 N–H and O–H groups in total. The number of carbonyl (C=O) groups is 1. The largest absolute Gasteiger partial charge is 0.512 e. The molecule has 2 aromatic carbocycles. The van der Waals surface area contributed by atoms with Crippen molar-refractivity contribution in [1.29, 1.82) is 0 Å². The number of carbonyl (C=O) groups excluding carboxylic acids is 1. The standard InChI is InChI=1S/C18H16N.C5H8O2.Ir/c1-12-7-8-15-9-10-17(19-18(15)11-12)16-6-4-5-13(2)14(16)3;1-4(6)3-5(2)7;/h4-5,7-11H,1-3H3;3,6H,1-2H3;/q-1;;/b;4-3-;. The number of allylic oxidation sites excluding steroid dienone is 2. The van der Waals surface area contributed by atoms with Gasteiger partial charge in [-0.3, -0.25) is 9.78 Å². The summed E-state index contributed by atoms with van der Waals surface area (Å²) in [5.74, 6) is -0.0625. The Bertz CT molecular complexity index is 973. The second-order valence-corrected chi connectivity index (χ2v) is 6.45. The van der Waals surface area contributed by atoms with Crippen LogP contribution in [0.3, 0.4) is 0 Å². The van der Waals surface area contributed by atoms with Gasteiger partial charge in [-0.2, -0.15) is 0 Å². The van der Waals surface area contributed by atoms with Crippen LogP contribution in [-0.2, 0) is 24.9 Å². The monoisotopic (exact) mass is 539 g/mol. The molecule has 3 aromatic rings. The van der Waals surface area contributed by atoms with Gasteiger partial charge in [0.15, 0.2) is 5.78 Å². The van der Waals surface area contributed by atoms with Gasteiger partial charge in [-0.05, 0) is 43.5 Å². The smallest absolute Gasteiger partial charge is 0.155 e.